The number of thiophene rings is 1. The Bertz CT molecular complexity index is 1250. The Labute approximate surface area is 213 Å². The maximum Gasteiger partial charge on any atom is 0.334 e. The van der Waals surface area contributed by atoms with E-state index in [0.29, 0.717) is 34.3 Å². The van der Waals surface area contributed by atoms with E-state index >= 15 is 0 Å². The molecule has 0 radical (unpaired) electrons. The second kappa shape index (κ2) is 11.8. The average molecular weight is 513 g/mol. The number of hydrogen-bond donors (Lipinski definition) is 0. The van der Waals surface area contributed by atoms with Crippen LogP contribution in [0.2, 0.25) is 0 Å². The molecule has 0 atom stereocenters. The molecule has 8 nitrogen and oxygen atoms in total. The van der Waals surface area contributed by atoms with Gasteiger partial charge in [-0.05, 0) is 42.6 Å². The van der Waals surface area contributed by atoms with Crippen LogP contribution in [0.1, 0.15) is 17.4 Å². The van der Waals surface area contributed by atoms with Gasteiger partial charge in [-0.1, -0.05) is 0 Å². The lowest BCUT2D eigenvalue weighted by Gasteiger charge is -2.14. The summed E-state index contributed by atoms with van der Waals surface area (Å²) in [5.41, 5.74) is 3.02. The smallest absolute Gasteiger partial charge is 0.334 e. The minimum atomic E-state index is -0.401. The van der Waals surface area contributed by atoms with Crippen LogP contribution in [0.4, 0.5) is 0 Å². The lowest BCUT2D eigenvalue weighted by atomic mass is 10.00. The number of esters is 1. The molecule has 1 aliphatic rings. The number of hydrogen-bond acceptors (Lipinski definition) is 9. The highest BCUT2D eigenvalue weighted by Gasteiger charge is 2.22. The largest absolute Gasteiger partial charge is 0.497 e. The second-order valence-corrected chi connectivity index (χ2v) is 8.64. The zero-order valence-corrected chi connectivity index (χ0v) is 21.4. The maximum absolute atomic E-state index is 13.0. The standard InChI is InChI=1S/C27H28O8S/c1-5-32-27(28)18(10-17-11-24-25(35-16-34-24)14-22(17)31-4)12-26-21(8-9-36-26)20-7-6-19(30-3)13-23(20)33-15-29-2/h6-9,11-14H,5,10,15-16H2,1-4H3. The normalized spacial score (nSPS) is 12.4. The molecule has 0 amide bonds. The first-order valence-electron chi connectivity index (χ1n) is 11.3. The first kappa shape index (κ1) is 25.4. The SMILES string of the molecule is CCOC(=O)C(=Cc1sccc1-c1ccc(OC)cc1OCOC)Cc1cc2c(cc1OC)OCO2. The summed E-state index contributed by atoms with van der Waals surface area (Å²) in [4.78, 5) is 13.9. The molecule has 1 aromatic heterocycles. The van der Waals surface area contributed by atoms with Crippen molar-refractivity contribution >= 4 is 23.4 Å². The van der Waals surface area contributed by atoms with Crippen LogP contribution in [0, 0.1) is 0 Å². The van der Waals surface area contributed by atoms with Crippen molar-refractivity contribution in [3.05, 3.63) is 57.8 Å². The van der Waals surface area contributed by atoms with Gasteiger partial charge in [0.05, 0.1) is 20.8 Å². The van der Waals surface area contributed by atoms with Gasteiger partial charge in [-0.15, -0.1) is 11.3 Å². The Hall–Kier alpha value is -3.69. The number of methoxy groups -OCH3 is 3. The van der Waals surface area contributed by atoms with Gasteiger partial charge in [-0.3, -0.25) is 0 Å². The molecule has 2 aromatic carbocycles. The molecule has 190 valence electrons. The van der Waals surface area contributed by atoms with Crippen LogP contribution in [0.3, 0.4) is 0 Å². The molecule has 4 rings (SSSR count). The fourth-order valence-electron chi connectivity index (χ4n) is 3.81. The summed E-state index contributed by atoms with van der Waals surface area (Å²) in [6.07, 6.45) is 2.14. The van der Waals surface area contributed by atoms with Gasteiger partial charge in [-0.25, -0.2) is 4.79 Å². The van der Waals surface area contributed by atoms with Gasteiger partial charge in [0.25, 0.3) is 0 Å². The van der Waals surface area contributed by atoms with E-state index in [2.05, 4.69) is 0 Å². The molecule has 1 aliphatic heterocycles. The fourth-order valence-corrected chi connectivity index (χ4v) is 4.68. The number of benzene rings is 2. The van der Waals surface area contributed by atoms with Crippen molar-refractivity contribution in [3.8, 4) is 39.9 Å². The Balaban J connectivity index is 1.74. The van der Waals surface area contributed by atoms with Gasteiger partial charge in [0.2, 0.25) is 6.79 Å². The molecule has 0 N–H and O–H groups in total. The summed E-state index contributed by atoms with van der Waals surface area (Å²) in [5, 5.41) is 1.97. The van der Waals surface area contributed by atoms with E-state index in [9.17, 15) is 4.79 Å². The van der Waals surface area contributed by atoms with Crippen LogP contribution >= 0.6 is 11.3 Å². The number of carbonyl (C=O) groups excluding carboxylic acids is 1. The summed E-state index contributed by atoms with van der Waals surface area (Å²) in [6.45, 7) is 2.28. The monoisotopic (exact) mass is 512 g/mol. The van der Waals surface area contributed by atoms with E-state index in [0.717, 1.165) is 21.6 Å². The van der Waals surface area contributed by atoms with Gasteiger partial charge < -0.3 is 33.2 Å². The summed E-state index contributed by atoms with van der Waals surface area (Å²) < 4.78 is 38.2. The zero-order valence-electron chi connectivity index (χ0n) is 20.6. The van der Waals surface area contributed by atoms with Crippen molar-refractivity contribution in [3.63, 3.8) is 0 Å². The van der Waals surface area contributed by atoms with Crippen LogP contribution in [0.15, 0.2) is 47.4 Å². The highest BCUT2D eigenvalue weighted by molar-refractivity contribution is 7.11. The van der Waals surface area contributed by atoms with Crippen LogP contribution in [-0.2, 0) is 20.7 Å². The Morgan fingerprint density at radius 1 is 1.00 bits per heavy atom. The third-order valence-electron chi connectivity index (χ3n) is 5.51. The first-order valence-corrected chi connectivity index (χ1v) is 12.2. The molecule has 0 spiro atoms. The van der Waals surface area contributed by atoms with Crippen molar-refractivity contribution in [2.75, 3.05) is 41.5 Å². The van der Waals surface area contributed by atoms with Crippen molar-refractivity contribution < 1.29 is 38.0 Å². The Morgan fingerprint density at radius 3 is 2.53 bits per heavy atom. The quantitative estimate of drug-likeness (QED) is 0.194. The Kier molecular flexibility index (Phi) is 8.35. The van der Waals surface area contributed by atoms with E-state index in [4.69, 9.17) is 33.2 Å². The molecule has 0 aliphatic carbocycles. The molecule has 2 heterocycles. The highest BCUT2D eigenvalue weighted by Crippen LogP contribution is 2.41. The first-order chi connectivity index (χ1) is 17.6. The van der Waals surface area contributed by atoms with Gasteiger partial charge in [0, 0.05) is 52.8 Å². The third kappa shape index (κ3) is 5.58. The van der Waals surface area contributed by atoms with Crippen molar-refractivity contribution in [2.24, 2.45) is 0 Å². The van der Waals surface area contributed by atoms with Crippen LogP contribution in [0.5, 0.6) is 28.7 Å². The summed E-state index contributed by atoms with van der Waals surface area (Å²) >= 11 is 1.51. The maximum atomic E-state index is 13.0. The number of fused-ring (bicyclic) bond motifs is 1. The topological polar surface area (TPSA) is 81.7 Å². The van der Waals surface area contributed by atoms with Crippen LogP contribution in [0.25, 0.3) is 17.2 Å². The second-order valence-electron chi connectivity index (χ2n) is 7.70. The molecule has 0 fully saturated rings. The van der Waals surface area contributed by atoms with Crippen molar-refractivity contribution in [2.45, 2.75) is 13.3 Å². The Morgan fingerprint density at radius 2 is 1.81 bits per heavy atom. The van der Waals surface area contributed by atoms with E-state index in [1.165, 1.54) is 11.3 Å². The lowest BCUT2D eigenvalue weighted by molar-refractivity contribution is -0.138. The van der Waals surface area contributed by atoms with Crippen LogP contribution < -0.4 is 23.7 Å². The molecule has 0 bridgehead atoms. The lowest BCUT2D eigenvalue weighted by Crippen LogP contribution is -2.10. The van der Waals surface area contributed by atoms with E-state index in [1.807, 2.05) is 41.8 Å². The van der Waals surface area contributed by atoms with Gasteiger partial charge in [0.1, 0.15) is 17.2 Å². The van der Waals surface area contributed by atoms with Crippen molar-refractivity contribution in [1.29, 1.82) is 0 Å². The van der Waals surface area contributed by atoms with Crippen molar-refractivity contribution in [1.82, 2.24) is 0 Å². The molecular formula is C27H28O8S. The minimum absolute atomic E-state index is 0.0907. The summed E-state index contributed by atoms with van der Waals surface area (Å²) in [7, 11) is 4.75. The van der Waals surface area contributed by atoms with E-state index < -0.39 is 5.97 Å². The van der Waals surface area contributed by atoms with E-state index in [-0.39, 0.29) is 26.6 Å². The highest BCUT2D eigenvalue weighted by atomic mass is 32.1. The van der Waals surface area contributed by atoms with E-state index in [1.54, 1.807) is 34.3 Å². The average Bonchev–Trinajstić information content (AvgIpc) is 3.55. The number of carbonyl (C=O) groups is 1. The van der Waals surface area contributed by atoms with Gasteiger partial charge >= 0.3 is 5.97 Å². The fraction of sp³-hybridized carbons (Fsp3) is 0.296. The molecule has 9 heteroatoms. The number of ether oxygens (including phenoxy) is 7. The predicted octanol–water partition coefficient (Wildman–Crippen LogP) is 5.33. The minimum Gasteiger partial charge on any atom is -0.497 e. The molecule has 0 saturated carbocycles. The summed E-state index contributed by atoms with van der Waals surface area (Å²) in [5.74, 6) is 2.71. The van der Waals surface area contributed by atoms with Gasteiger partial charge in [0.15, 0.2) is 18.3 Å². The number of rotatable bonds is 11. The molecule has 36 heavy (non-hydrogen) atoms. The molecular weight excluding hydrogens is 484 g/mol. The predicted molar refractivity (Wildman–Crippen MR) is 136 cm³/mol. The zero-order chi connectivity index (χ0) is 25.5. The summed E-state index contributed by atoms with van der Waals surface area (Å²) in [6, 6.07) is 11.2. The molecule has 0 saturated heterocycles. The molecule has 0 unspecified atom stereocenters. The molecule has 3 aromatic rings. The van der Waals surface area contributed by atoms with Crippen LogP contribution in [-0.4, -0.2) is 47.5 Å². The van der Waals surface area contributed by atoms with Gasteiger partial charge in [-0.2, -0.15) is 0 Å². The third-order valence-corrected chi connectivity index (χ3v) is 6.37.